The van der Waals surface area contributed by atoms with Gasteiger partial charge in [0.15, 0.2) is 6.04 Å². The quantitative estimate of drug-likeness (QED) is 0.814. The van der Waals surface area contributed by atoms with Gasteiger partial charge in [0, 0.05) is 10.9 Å². The second kappa shape index (κ2) is 3.52. The average Bonchev–Trinajstić information content (AvgIpc) is 2.54. The van der Waals surface area contributed by atoms with Crippen LogP contribution in [-0.4, -0.2) is 6.18 Å². The normalized spacial score (nSPS) is 14.3. The third kappa shape index (κ3) is 1.67. The fourth-order valence-corrected chi connectivity index (χ4v) is 1.64. The average molecular weight is 229 g/mol. The van der Waals surface area contributed by atoms with Crippen LogP contribution in [0.4, 0.5) is 13.2 Å². The number of benzene rings is 1. The van der Waals surface area contributed by atoms with Crippen LogP contribution in [0.15, 0.2) is 28.7 Å². The van der Waals surface area contributed by atoms with Crippen molar-refractivity contribution in [3.05, 3.63) is 35.6 Å². The van der Waals surface area contributed by atoms with Crippen LogP contribution in [0, 0.1) is 6.92 Å². The van der Waals surface area contributed by atoms with Gasteiger partial charge >= 0.3 is 6.18 Å². The highest BCUT2D eigenvalue weighted by Crippen LogP contribution is 2.36. The molecule has 86 valence electrons. The van der Waals surface area contributed by atoms with Gasteiger partial charge in [-0.25, -0.2) is 0 Å². The van der Waals surface area contributed by atoms with Crippen LogP contribution >= 0.6 is 0 Å². The summed E-state index contributed by atoms with van der Waals surface area (Å²) in [6.45, 7) is 1.58. The molecule has 2 N–H and O–H groups in total. The molecule has 0 bridgehead atoms. The van der Waals surface area contributed by atoms with E-state index in [1.165, 1.54) is 0 Å². The molecule has 16 heavy (non-hydrogen) atoms. The minimum atomic E-state index is -4.49. The van der Waals surface area contributed by atoms with Gasteiger partial charge < -0.3 is 10.2 Å². The van der Waals surface area contributed by atoms with Crippen molar-refractivity contribution in [2.75, 3.05) is 0 Å². The van der Waals surface area contributed by atoms with Gasteiger partial charge in [0.25, 0.3) is 0 Å². The molecular formula is C11H10F3NO. The third-order valence-corrected chi connectivity index (χ3v) is 2.52. The van der Waals surface area contributed by atoms with Crippen LogP contribution in [0.25, 0.3) is 11.0 Å². The lowest BCUT2D eigenvalue weighted by Crippen LogP contribution is -2.28. The number of aryl methyl sites for hydroxylation is 1. The molecule has 2 nitrogen and oxygen atoms in total. The first-order valence-electron chi connectivity index (χ1n) is 4.71. The molecule has 0 spiro atoms. The topological polar surface area (TPSA) is 39.2 Å². The molecule has 0 saturated heterocycles. The van der Waals surface area contributed by atoms with E-state index >= 15 is 0 Å². The highest BCUT2D eigenvalue weighted by Gasteiger charge is 2.41. The van der Waals surface area contributed by atoms with Gasteiger partial charge in [-0.15, -0.1) is 0 Å². The predicted molar refractivity (Wildman–Crippen MR) is 53.9 cm³/mol. The fourth-order valence-electron chi connectivity index (χ4n) is 1.64. The standard InChI is InChI=1S/C11H10F3NO/c1-6-7-4-2-3-5-8(7)16-9(6)10(15)11(12,13)14/h2-5,10H,15H2,1H3/t10-/m1/s1. The first-order chi connectivity index (χ1) is 7.41. The molecule has 0 aliphatic carbocycles. The summed E-state index contributed by atoms with van der Waals surface area (Å²) in [6, 6.07) is 4.71. The molecule has 0 radical (unpaired) electrons. The second-order valence-corrected chi connectivity index (χ2v) is 3.61. The van der Waals surface area contributed by atoms with E-state index < -0.39 is 12.2 Å². The van der Waals surface area contributed by atoms with Gasteiger partial charge in [0.2, 0.25) is 0 Å². The van der Waals surface area contributed by atoms with E-state index in [0.29, 0.717) is 16.5 Å². The summed E-state index contributed by atoms with van der Waals surface area (Å²) < 4.78 is 42.5. The Morgan fingerprint density at radius 1 is 1.25 bits per heavy atom. The number of halogens is 3. The van der Waals surface area contributed by atoms with Crippen LogP contribution in [0.2, 0.25) is 0 Å². The van der Waals surface area contributed by atoms with E-state index in [2.05, 4.69) is 0 Å². The van der Waals surface area contributed by atoms with Crippen LogP contribution < -0.4 is 5.73 Å². The second-order valence-electron chi connectivity index (χ2n) is 3.61. The van der Waals surface area contributed by atoms with Crippen molar-refractivity contribution in [1.82, 2.24) is 0 Å². The summed E-state index contributed by atoms with van der Waals surface area (Å²) in [7, 11) is 0. The Morgan fingerprint density at radius 3 is 2.44 bits per heavy atom. The molecular weight excluding hydrogens is 219 g/mol. The van der Waals surface area contributed by atoms with Crippen molar-refractivity contribution >= 4 is 11.0 Å². The highest BCUT2D eigenvalue weighted by molar-refractivity contribution is 5.82. The molecule has 0 aliphatic heterocycles. The number of hydrogen-bond acceptors (Lipinski definition) is 2. The summed E-state index contributed by atoms with van der Waals surface area (Å²) in [4.78, 5) is 0. The Kier molecular flexibility index (Phi) is 2.42. The molecule has 1 aromatic heterocycles. The lowest BCUT2D eigenvalue weighted by Gasteiger charge is -2.13. The Balaban J connectivity index is 2.58. The molecule has 1 aromatic carbocycles. The number of nitrogens with two attached hydrogens (primary N) is 1. The Labute approximate surface area is 89.8 Å². The lowest BCUT2D eigenvalue weighted by molar-refractivity contribution is -0.152. The Bertz CT molecular complexity index is 515. The summed E-state index contributed by atoms with van der Waals surface area (Å²) >= 11 is 0. The number of hydrogen-bond donors (Lipinski definition) is 1. The number of fused-ring (bicyclic) bond motifs is 1. The molecule has 0 aliphatic rings. The van der Waals surface area contributed by atoms with E-state index in [1.807, 2.05) is 0 Å². The molecule has 0 saturated carbocycles. The summed E-state index contributed by atoms with van der Waals surface area (Å²) in [5, 5.41) is 0.664. The van der Waals surface area contributed by atoms with Gasteiger partial charge in [-0.1, -0.05) is 18.2 Å². The fraction of sp³-hybridized carbons (Fsp3) is 0.273. The van der Waals surface area contributed by atoms with E-state index in [9.17, 15) is 13.2 Å². The van der Waals surface area contributed by atoms with E-state index in [0.717, 1.165) is 0 Å². The molecule has 2 rings (SSSR count). The first-order valence-corrected chi connectivity index (χ1v) is 4.71. The maximum absolute atomic E-state index is 12.5. The Morgan fingerprint density at radius 2 is 1.88 bits per heavy atom. The van der Waals surface area contributed by atoms with E-state index in [1.54, 1.807) is 31.2 Å². The number of para-hydroxylation sites is 1. The maximum Gasteiger partial charge on any atom is 0.410 e. The molecule has 0 unspecified atom stereocenters. The van der Waals surface area contributed by atoms with Crippen LogP contribution in [0.1, 0.15) is 17.4 Å². The van der Waals surface area contributed by atoms with Crippen LogP contribution in [-0.2, 0) is 0 Å². The van der Waals surface area contributed by atoms with Gasteiger partial charge in [0.1, 0.15) is 11.3 Å². The van der Waals surface area contributed by atoms with Crippen LogP contribution in [0.5, 0.6) is 0 Å². The number of furan rings is 1. The predicted octanol–water partition coefficient (Wildman–Crippen LogP) is 3.30. The van der Waals surface area contributed by atoms with Crippen molar-refractivity contribution in [3.8, 4) is 0 Å². The summed E-state index contributed by atoms with van der Waals surface area (Å²) in [6.07, 6.45) is -4.49. The van der Waals surface area contributed by atoms with E-state index in [-0.39, 0.29) is 5.76 Å². The maximum atomic E-state index is 12.5. The van der Waals surface area contributed by atoms with Crippen LogP contribution in [0.3, 0.4) is 0 Å². The first kappa shape index (κ1) is 11.0. The number of alkyl halides is 3. The van der Waals surface area contributed by atoms with Crippen molar-refractivity contribution < 1.29 is 17.6 Å². The van der Waals surface area contributed by atoms with Gasteiger partial charge in [-0.2, -0.15) is 13.2 Å². The van der Waals surface area contributed by atoms with Gasteiger partial charge in [-0.05, 0) is 13.0 Å². The summed E-state index contributed by atoms with van der Waals surface area (Å²) in [5.74, 6) is -0.214. The van der Waals surface area contributed by atoms with Crippen molar-refractivity contribution in [2.24, 2.45) is 5.73 Å². The molecule has 2 aromatic rings. The minimum Gasteiger partial charge on any atom is -0.459 e. The van der Waals surface area contributed by atoms with Gasteiger partial charge in [-0.3, -0.25) is 0 Å². The monoisotopic (exact) mass is 229 g/mol. The molecule has 0 fully saturated rings. The zero-order valence-electron chi connectivity index (χ0n) is 8.51. The lowest BCUT2D eigenvalue weighted by atomic mass is 10.1. The SMILES string of the molecule is Cc1c([C@@H](N)C(F)(F)F)oc2ccccc12. The largest absolute Gasteiger partial charge is 0.459 e. The molecule has 0 amide bonds. The van der Waals surface area contributed by atoms with E-state index in [4.69, 9.17) is 10.2 Å². The van der Waals surface area contributed by atoms with Crippen molar-refractivity contribution in [1.29, 1.82) is 0 Å². The smallest absolute Gasteiger partial charge is 0.410 e. The molecule has 5 heteroatoms. The zero-order valence-corrected chi connectivity index (χ0v) is 8.51. The molecule has 1 atom stereocenters. The number of rotatable bonds is 1. The van der Waals surface area contributed by atoms with Gasteiger partial charge in [0.05, 0.1) is 0 Å². The zero-order chi connectivity index (χ0) is 11.9. The van der Waals surface area contributed by atoms with Crippen molar-refractivity contribution in [3.63, 3.8) is 0 Å². The third-order valence-electron chi connectivity index (χ3n) is 2.52. The summed E-state index contributed by atoms with van der Waals surface area (Å²) in [5.41, 5.74) is 5.99. The highest BCUT2D eigenvalue weighted by atomic mass is 19.4. The molecule has 1 heterocycles. The Hall–Kier alpha value is -1.49. The minimum absolute atomic E-state index is 0.214. The van der Waals surface area contributed by atoms with Crippen molar-refractivity contribution in [2.45, 2.75) is 19.1 Å².